The van der Waals surface area contributed by atoms with Gasteiger partial charge in [-0.1, -0.05) is 12.1 Å². The molecular formula is C22H28N2O5. The summed E-state index contributed by atoms with van der Waals surface area (Å²) < 4.78 is 15.7. The molecule has 0 N–H and O–H groups in total. The third kappa shape index (κ3) is 6.71. The van der Waals surface area contributed by atoms with Crippen molar-refractivity contribution in [1.82, 2.24) is 4.90 Å². The van der Waals surface area contributed by atoms with Crippen molar-refractivity contribution in [3.05, 3.63) is 54.1 Å². The molecule has 1 amide bonds. The quantitative estimate of drug-likeness (QED) is 0.603. The molecule has 0 aliphatic heterocycles. The number of anilines is 1. The molecule has 0 saturated heterocycles. The molecule has 0 aliphatic rings. The van der Waals surface area contributed by atoms with Crippen molar-refractivity contribution in [1.29, 1.82) is 0 Å². The Morgan fingerprint density at radius 2 is 1.52 bits per heavy atom. The smallest absolute Gasteiger partial charge is 0.347 e. The molecule has 0 aromatic heterocycles. The van der Waals surface area contributed by atoms with Gasteiger partial charge < -0.3 is 24.0 Å². The normalized spacial score (nSPS) is 11.3. The summed E-state index contributed by atoms with van der Waals surface area (Å²) >= 11 is 0. The maximum atomic E-state index is 12.3. The lowest BCUT2D eigenvalue weighted by Crippen LogP contribution is -2.34. The molecule has 2 rings (SSSR count). The number of amides is 1. The zero-order valence-electron chi connectivity index (χ0n) is 17.5. The Balaban J connectivity index is 1.79. The van der Waals surface area contributed by atoms with Crippen molar-refractivity contribution < 1.29 is 23.8 Å². The third-order valence-electron chi connectivity index (χ3n) is 4.34. The number of ether oxygens (including phenoxy) is 3. The predicted molar refractivity (Wildman–Crippen MR) is 111 cm³/mol. The topological polar surface area (TPSA) is 68.3 Å². The van der Waals surface area contributed by atoms with E-state index in [1.165, 1.54) is 4.90 Å². The van der Waals surface area contributed by atoms with Crippen molar-refractivity contribution in [2.45, 2.75) is 19.6 Å². The van der Waals surface area contributed by atoms with Gasteiger partial charge in [-0.05, 0) is 48.9 Å². The van der Waals surface area contributed by atoms with Gasteiger partial charge >= 0.3 is 5.97 Å². The molecule has 0 heterocycles. The monoisotopic (exact) mass is 400 g/mol. The second kappa shape index (κ2) is 10.4. The Kier molecular flexibility index (Phi) is 7.88. The van der Waals surface area contributed by atoms with Gasteiger partial charge in [0.25, 0.3) is 5.91 Å². The van der Waals surface area contributed by atoms with Crippen LogP contribution in [0, 0.1) is 0 Å². The van der Waals surface area contributed by atoms with Crippen LogP contribution in [-0.2, 0) is 20.9 Å². The van der Waals surface area contributed by atoms with Crippen molar-refractivity contribution in [2.75, 3.05) is 39.8 Å². The maximum Gasteiger partial charge on any atom is 0.347 e. The third-order valence-corrected chi connectivity index (χ3v) is 4.34. The molecule has 2 aromatic rings. The van der Waals surface area contributed by atoms with E-state index in [0.717, 1.165) is 11.3 Å². The summed E-state index contributed by atoms with van der Waals surface area (Å²) in [6, 6.07) is 14.8. The zero-order valence-corrected chi connectivity index (χ0v) is 17.5. The number of hydrogen-bond donors (Lipinski definition) is 0. The van der Waals surface area contributed by atoms with Crippen LogP contribution in [0.1, 0.15) is 12.5 Å². The number of rotatable bonds is 9. The van der Waals surface area contributed by atoms with Crippen molar-refractivity contribution in [3.8, 4) is 11.5 Å². The Morgan fingerprint density at radius 1 is 0.931 bits per heavy atom. The SMILES string of the molecule is COc1ccc(OC(C)C(=O)OCC(=O)N(C)Cc2ccc(N(C)C)cc2)cc1. The fourth-order valence-corrected chi connectivity index (χ4v) is 2.53. The first-order chi connectivity index (χ1) is 13.8. The number of likely N-dealkylation sites (N-methyl/N-ethyl adjacent to an activating group) is 1. The van der Waals surface area contributed by atoms with Gasteiger partial charge in [0, 0.05) is 33.4 Å². The van der Waals surface area contributed by atoms with E-state index in [0.29, 0.717) is 18.0 Å². The first-order valence-electron chi connectivity index (χ1n) is 9.27. The van der Waals surface area contributed by atoms with Crippen LogP contribution < -0.4 is 14.4 Å². The minimum absolute atomic E-state index is 0.285. The first-order valence-corrected chi connectivity index (χ1v) is 9.27. The van der Waals surface area contributed by atoms with Gasteiger partial charge in [0.15, 0.2) is 12.7 Å². The number of benzene rings is 2. The summed E-state index contributed by atoms with van der Waals surface area (Å²) in [5.41, 5.74) is 2.08. The van der Waals surface area contributed by atoms with Gasteiger partial charge in [0.05, 0.1) is 7.11 Å². The van der Waals surface area contributed by atoms with Crippen molar-refractivity contribution in [2.24, 2.45) is 0 Å². The van der Waals surface area contributed by atoms with E-state index in [9.17, 15) is 9.59 Å². The van der Waals surface area contributed by atoms with Gasteiger partial charge in [0.1, 0.15) is 11.5 Å². The van der Waals surface area contributed by atoms with E-state index in [1.807, 2.05) is 43.3 Å². The van der Waals surface area contributed by atoms with Crippen LogP contribution in [-0.4, -0.2) is 57.7 Å². The number of methoxy groups -OCH3 is 1. The van der Waals surface area contributed by atoms with E-state index in [1.54, 1.807) is 45.3 Å². The predicted octanol–water partition coefficient (Wildman–Crippen LogP) is 2.73. The molecule has 7 heteroatoms. The van der Waals surface area contributed by atoms with Crippen LogP contribution in [0.4, 0.5) is 5.69 Å². The molecule has 0 bridgehead atoms. The lowest BCUT2D eigenvalue weighted by atomic mass is 10.2. The van der Waals surface area contributed by atoms with Gasteiger partial charge in [-0.25, -0.2) is 4.79 Å². The molecule has 0 aliphatic carbocycles. The second-order valence-corrected chi connectivity index (χ2v) is 6.85. The highest BCUT2D eigenvalue weighted by molar-refractivity contribution is 5.82. The first kappa shape index (κ1) is 22.1. The lowest BCUT2D eigenvalue weighted by molar-refractivity contribution is -0.157. The molecule has 7 nitrogen and oxygen atoms in total. The zero-order chi connectivity index (χ0) is 21.4. The summed E-state index contributed by atoms with van der Waals surface area (Å²) in [5, 5.41) is 0. The summed E-state index contributed by atoms with van der Waals surface area (Å²) in [7, 11) is 7.19. The molecule has 1 atom stereocenters. The van der Waals surface area contributed by atoms with Crippen LogP contribution >= 0.6 is 0 Å². The molecule has 29 heavy (non-hydrogen) atoms. The van der Waals surface area contributed by atoms with Crippen LogP contribution in [0.2, 0.25) is 0 Å². The largest absolute Gasteiger partial charge is 0.497 e. The van der Waals surface area contributed by atoms with Crippen molar-refractivity contribution >= 4 is 17.6 Å². The molecule has 0 spiro atoms. The maximum absolute atomic E-state index is 12.3. The van der Waals surface area contributed by atoms with Gasteiger partial charge in [-0.2, -0.15) is 0 Å². The van der Waals surface area contributed by atoms with Crippen LogP contribution in [0.5, 0.6) is 11.5 Å². The summed E-state index contributed by atoms with van der Waals surface area (Å²) in [5.74, 6) is 0.321. The number of carbonyl (C=O) groups excluding carboxylic acids is 2. The van der Waals surface area contributed by atoms with Gasteiger partial charge in [0.2, 0.25) is 0 Å². The Bertz CT molecular complexity index is 803. The van der Waals surface area contributed by atoms with Crippen LogP contribution in [0.3, 0.4) is 0 Å². The number of carbonyl (C=O) groups is 2. The standard InChI is InChI=1S/C22H28N2O5/c1-16(29-20-12-10-19(27-5)11-13-20)22(26)28-15-21(25)24(4)14-17-6-8-18(9-7-17)23(2)3/h6-13,16H,14-15H2,1-5H3. The fraction of sp³-hybridized carbons (Fsp3) is 0.364. The molecule has 156 valence electrons. The average molecular weight is 400 g/mol. The molecule has 2 aromatic carbocycles. The highest BCUT2D eigenvalue weighted by Crippen LogP contribution is 2.18. The fourth-order valence-electron chi connectivity index (χ4n) is 2.53. The Morgan fingerprint density at radius 3 is 2.07 bits per heavy atom. The second-order valence-electron chi connectivity index (χ2n) is 6.85. The summed E-state index contributed by atoms with van der Waals surface area (Å²) in [6.07, 6.45) is -0.833. The molecule has 0 radical (unpaired) electrons. The van der Waals surface area contributed by atoms with E-state index in [-0.39, 0.29) is 12.5 Å². The van der Waals surface area contributed by atoms with E-state index in [4.69, 9.17) is 14.2 Å². The molecule has 0 saturated carbocycles. The summed E-state index contributed by atoms with van der Waals surface area (Å²) in [4.78, 5) is 27.9. The summed E-state index contributed by atoms with van der Waals surface area (Å²) in [6.45, 7) is 1.68. The highest BCUT2D eigenvalue weighted by atomic mass is 16.6. The van der Waals surface area contributed by atoms with E-state index < -0.39 is 12.1 Å². The number of nitrogens with zero attached hydrogens (tertiary/aromatic N) is 2. The Labute approximate surface area is 171 Å². The minimum Gasteiger partial charge on any atom is -0.497 e. The average Bonchev–Trinajstić information content (AvgIpc) is 2.72. The van der Waals surface area contributed by atoms with Gasteiger partial charge in [-0.3, -0.25) is 4.79 Å². The lowest BCUT2D eigenvalue weighted by Gasteiger charge is -2.19. The molecule has 0 fully saturated rings. The number of esters is 1. The highest BCUT2D eigenvalue weighted by Gasteiger charge is 2.19. The van der Waals surface area contributed by atoms with E-state index >= 15 is 0 Å². The minimum atomic E-state index is -0.833. The number of hydrogen-bond acceptors (Lipinski definition) is 6. The van der Waals surface area contributed by atoms with Crippen LogP contribution in [0.25, 0.3) is 0 Å². The van der Waals surface area contributed by atoms with Crippen molar-refractivity contribution in [3.63, 3.8) is 0 Å². The van der Waals surface area contributed by atoms with Gasteiger partial charge in [-0.15, -0.1) is 0 Å². The Hall–Kier alpha value is -3.22. The van der Waals surface area contributed by atoms with Crippen LogP contribution in [0.15, 0.2) is 48.5 Å². The van der Waals surface area contributed by atoms with E-state index in [2.05, 4.69) is 0 Å². The molecular weight excluding hydrogens is 372 g/mol. The molecule has 1 unspecified atom stereocenters.